The minimum atomic E-state index is -4.57. The Hall–Kier alpha value is -2.03. The monoisotopic (exact) mass is 451 g/mol. The SMILES string of the molecule is O=C(CC1SC(=NC23CC4CC(CC(C4)C2)C3)NC1=O)Nc1ccccc1C(F)(F)F. The van der Waals surface area contributed by atoms with Crippen LogP contribution in [0, 0.1) is 17.8 Å². The number of para-hydroxylation sites is 1. The number of amides is 2. The molecule has 1 atom stereocenters. The maximum atomic E-state index is 13.1. The number of hydrogen-bond acceptors (Lipinski definition) is 4. The summed E-state index contributed by atoms with van der Waals surface area (Å²) in [6.45, 7) is 0. The lowest BCUT2D eigenvalue weighted by Gasteiger charge is -2.55. The molecule has 4 saturated carbocycles. The van der Waals surface area contributed by atoms with Gasteiger partial charge in [0.2, 0.25) is 11.8 Å². The van der Waals surface area contributed by atoms with Crippen LogP contribution < -0.4 is 10.6 Å². The first-order valence-corrected chi connectivity index (χ1v) is 11.6. The predicted octanol–water partition coefficient (Wildman–Crippen LogP) is 4.59. The molecular weight excluding hydrogens is 427 g/mol. The summed E-state index contributed by atoms with van der Waals surface area (Å²) in [5.74, 6) is 1.25. The number of hydrogen-bond donors (Lipinski definition) is 2. The lowest BCUT2D eigenvalue weighted by atomic mass is 9.53. The molecule has 1 saturated heterocycles. The molecule has 0 aromatic heterocycles. The van der Waals surface area contributed by atoms with Gasteiger partial charge >= 0.3 is 6.18 Å². The Balaban J connectivity index is 1.24. The standard InChI is InChI=1S/C22H24F3N3O2S/c23-22(24,25)15-3-1-2-4-16(15)26-18(29)8-17-19(30)27-20(31-17)28-21-9-12-5-13(10-21)7-14(6-12)11-21/h1-4,12-14,17H,5-11H2,(H,26,29)(H,27,28,30). The quantitative estimate of drug-likeness (QED) is 0.704. The number of anilines is 1. The molecule has 31 heavy (non-hydrogen) atoms. The molecule has 1 unspecified atom stereocenters. The Morgan fingerprint density at radius 1 is 1.13 bits per heavy atom. The number of nitrogens with zero attached hydrogens (tertiary/aromatic N) is 1. The van der Waals surface area contributed by atoms with Gasteiger partial charge in [0.1, 0.15) is 5.25 Å². The Labute approximate surface area is 182 Å². The van der Waals surface area contributed by atoms with Crippen molar-refractivity contribution < 1.29 is 22.8 Å². The van der Waals surface area contributed by atoms with Gasteiger partial charge in [-0.05, 0) is 68.4 Å². The molecule has 1 aliphatic heterocycles. The van der Waals surface area contributed by atoms with E-state index in [-0.39, 0.29) is 23.6 Å². The molecule has 5 nitrogen and oxygen atoms in total. The van der Waals surface area contributed by atoms with E-state index in [0.717, 1.165) is 43.1 Å². The highest BCUT2D eigenvalue weighted by Crippen LogP contribution is 2.57. The summed E-state index contributed by atoms with van der Waals surface area (Å²) in [6, 6.07) is 4.83. The maximum absolute atomic E-state index is 13.1. The Kier molecular flexibility index (Phi) is 5.07. The van der Waals surface area contributed by atoms with Gasteiger partial charge in [-0.3, -0.25) is 14.6 Å². The maximum Gasteiger partial charge on any atom is 0.418 e. The zero-order valence-corrected chi connectivity index (χ0v) is 17.7. The van der Waals surface area contributed by atoms with Crippen LogP contribution in [0.5, 0.6) is 0 Å². The van der Waals surface area contributed by atoms with Gasteiger partial charge in [0, 0.05) is 6.42 Å². The van der Waals surface area contributed by atoms with Crippen molar-refractivity contribution in [3.8, 4) is 0 Å². The van der Waals surface area contributed by atoms with Gasteiger partial charge in [-0.25, -0.2) is 0 Å². The fourth-order valence-corrected chi connectivity index (χ4v) is 7.29. The van der Waals surface area contributed by atoms with Gasteiger partial charge in [0.05, 0.1) is 16.8 Å². The summed E-state index contributed by atoms with van der Waals surface area (Å²) in [5.41, 5.74) is -1.30. The largest absolute Gasteiger partial charge is 0.418 e. The molecule has 2 amide bonds. The van der Waals surface area contributed by atoms with E-state index in [0.29, 0.717) is 5.17 Å². The smallest absolute Gasteiger partial charge is 0.325 e. The van der Waals surface area contributed by atoms with Crippen molar-refractivity contribution in [1.29, 1.82) is 0 Å². The van der Waals surface area contributed by atoms with Gasteiger partial charge in [0.25, 0.3) is 0 Å². The molecular formula is C22H24F3N3O2S. The minimum absolute atomic E-state index is 0.0901. The van der Waals surface area contributed by atoms with Crippen LogP contribution in [0.15, 0.2) is 29.3 Å². The molecule has 5 fully saturated rings. The molecule has 1 heterocycles. The molecule has 0 radical (unpaired) electrons. The highest BCUT2D eigenvalue weighted by Gasteiger charge is 2.51. The van der Waals surface area contributed by atoms with Crippen molar-refractivity contribution in [1.82, 2.24) is 5.32 Å². The average Bonchev–Trinajstić information content (AvgIpc) is 2.98. The number of halogens is 3. The van der Waals surface area contributed by atoms with Crippen LogP contribution in [0.3, 0.4) is 0 Å². The highest BCUT2D eigenvalue weighted by molar-refractivity contribution is 8.15. The van der Waals surface area contributed by atoms with E-state index in [9.17, 15) is 22.8 Å². The van der Waals surface area contributed by atoms with E-state index in [2.05, 4.69) is 10.6 Å². The van der Waals surface area contributed by atoms with Crippen molar-refractivity contribution in [3.63, 3.8) is 0 Å². The van der Waals surface area contributed by atoms with Crippen LogP contribution in [-0.2, 0) is 15.8 Å². The predicted molar refractivity (Wildman–Crippen MR) is 113 cm³/mol. The molecule has 0 spiro atoms. The Morgan fingerprint density at radius 2 is 1.74 bits per heavy atom. The number of carbonyl (C=O) groups excluding carboxylic acids is 2. The number of carbonyl (C=O) groups is 2. The molecule has 5 aliphatic rings. The summed E-state index contributed by atoms with van der Waals surface area (Å²) >= 11 is 1.22. The lowest BCUT2D eigenvalue weighted by Crippen LogP contribution is -2.50. The fourth-order valence-electron chi connectivity index (χ4n) is 6.22. The van der Waals surface area contributed by atoms with Crippen LogP contribution in [-0.4, -0.2) is 27.8 Å². The number of amidine groups is 1. The number of aliphatic imine (C=N–C) groups is 1. The third-order valence-electron chi connectivity index (χ3n) is 7.00. The van der Waals surface area contributed by atoms with E-state index in [1.165, 1.54) is 49.2 Å². The second-order valence-electron chi connectivity index (χ2n) is 9.45. The van der Waals surface area contributed by atoms with Crippen molar-refractivity contribution >= 4 is 34.4 Å². The number of benzene rings is 1. The molecule has 9 heteroatoms. The molecule has 166 valence electrons. The van der Waals surface area contributed by atoms with Crippen LogP contribution >= 0.6 is 11.8 Å². The van der Waals surface area contributed by atoms with E-state index in [4.69, 9.17) is 4.99 Å². The third-order valence-corrected chi connectivity index (χ3v) is 8.08. The molecule has 1 aromatic rings. The first-order chi connectivity index (χ1) is 14.7. The van der Waals surface area contributed by atoms with Crippen LogP contribution in [0.2, 0.25) is 0 Å². The van der Waals surface area contributed by atoms with E-state index < -0.39 is 22.9 Å². The number of rotatable bonds is 4. The third kappa shape index (κ3) is 4.21. The first-order valence-electron chi connectivity index (χ1n) is 10.7. The average molecular weight is 452 g/mol. The van der Waals surface area contributed by atoms with Gasteiger partial charge in [-0.15, -0.1) is 0 Å². The normalized spacial score (nSPS) is 35.5. The summed E-state index contributed by atoms with van der Waals surface area (Å²) in [6.07, 6.45) is 2.32. The van der Waals surface area contributed by atoms with E-state index in [1.807, 2.05) is 0 Å². The van der Waals surface area contributed by atoms with Crippen molar-refractivity contribution in [2.75, 3.05) is 5.32 Å². The molecule has 1 aromatic carbocycles. The highest BCUT2D eigenvalue weighted by atomic mass is 32.2. The van der Waals surface area contributed by atoms with Crippen LogP contribution in [0.1, 0.15) is 50.5 Å². The lowest BCUT2D eigenvalue weighted by molar-refractivity contribution is -0.137. The van der Waals surface area contributed by atoms with Gasteiger partial charge in [-0.1, -0.05) is 23.9 Å². The fraction of sp³-hybridized carbons (Fsp3) is 0.591. The van der Waals surface area contributed by atoms with E-state index in [1.54, 1.807) is 0 Å². The Morgan fingerprint density at radius 3 is 2.35 bits per heavy atom. The van der Waals surface area contributed by atoms with Gasteiger partial charge in [-0.2, -0.15) is 13.2 Å². The van der Waals surface area contributed by atoms with Crippen molar-refractivity contribution in [3.05, 3.63) is 29.8 Å². The zero-order valence-electron chi connectivity index (χ0n) is 16.9. The first kappa shape index (κ1) is 20.8. The van der Waals surface area contributed by atoms with Gasteiger partial charge < -0.3 is 10.6 Å². The topological polar surface area (TPSA) is 70.6 Å². The number of thioether (sulfide) groups is 1. The summed E-state index contributed by atoms with van der Waals surface area (Å²) in [7, 11) is 0. The second-order valence-corrected chi connectivity index (χ2v) is 10.6. The van der Waals surface area contributed by atoms with Crippen LogP contribution in [0.4, 0.5) is 18.9 Å². The summed E-state index contributed by atoms with van der Waals surface area (Å²) in [4.78, 5) is 29.8. The Bertz CT molecular complexity index is 911. The van der Waals surface area contributed by atoms with Crippen LogP contribution in [0.25, 0.3) is 0 Å². The zero-order chi connectivity index (χ0) is 21.8. The second kappa shape index (κ2) is 7.53. The van der Waals surface area contributed by atoms with Crippen molar-refractivity contribution in [2.45, 2.75) is 61.9 Å². The minimum Gasteiger partial charge on any atom is -0.325 e. The summed E-state index contributed by atoms with van der Waals surface area (Å²) in [5, 5.41) is 4.98. The van der Waals surface area contributed by atoms with E-state index >= 15 is 0 Å². The number of nitrogens with one attached hydrogen (secondary N) is 2. The molecule has 2 N–H and O–H groups in total. The molecule has 4 aliphatic carbocycles. The van der Waals surface area contributed by atoms with Gasteiger partial charge in [0.15, 0.2) is 5.17 Å². The van der Waals surface area contributed by atoms with Crippen molar-refractivity contribution in [2.24, 2.45) is 22.7 Å². The number of alkyl halides is 3. The molecule has 4 bridgehead atoms. The summed E-state index contributed by atoms with van der Waals surface area (Å²) < 4.78 is 39.4. The molecule has 6 rings (SSSR count).